The summed E-state index contributed by atoms with van der Waals surface area (Å²) >= 11 is 0. The van der Waals surface area contributed by atoms with E-state index in [-0.39, 0.29) is 0 Å². The Balaban J connectivity index is 1.83. The number of hydrogen-bond acceptors (Lipinski definition) is 1. The Kier molecular flexibility index (Phi) is 6.70. The largest absolute Gasteiger partial charge is 0.314 e. The molecule has 0 spiro atoms. The normalized spacial score (nSPS) is 31.9. The van der Waals surface area contributed by atoms with Gasteiger partial charge >= 0.3 is 0 Å². The van der Waals surface area contributed by atoms with Gasteiger partial charge in [-0.05, 0) is 43.6 Å². The molecule has 2 fully saturated rings. The van der Waals surface area contributed by atoms with Crippen LogP contribution in [0.3, 0.4) is 0 Å². The van der Waals surface area contributed by atoms with Crippen LogP contribution in [0.2, 0.25) is 0 Å². The third kappa shape index (κ3) is 5.10. The molecule has 0 aromatic heterocycles. The summed E-state index contributed by atoms with van der Waals surface area (Å²) in [5.74, 6) is 2.97. The Morgan fingerprint density at radius 2 is 1.53 bits per heavy atom. The highest BCUT2D eigenvalue weighted by Crippen LogP contribution is 2.34. The molecule has 112 valence electrons. The van der Waals surface area contributed by atoms with E-state index < -0.39 is 0 Å². The van der Waals surface area contributed by atoms with Gasteiger partial charge in [-0.25, -0.2) is 0 Å². The van der Waals surface area contributed by atoms with E-state index in [4.69, 9.17) is 0 Å². The van der Waals surface area contributed by atoms with Gasteiger partial charge in [0.2, 0.25) is 0 Å². The van der Waals surface area contributed by atoms with Crippen molar-refractivity contribution < 1.29 is 0 Å². The fourth-order valence-corrected chi connectivity index (χ4v) is 4.35. The minimum atomic E-state index is 0.820. The van der Waals surface area contributed by atoms with Gasteiger partial charge in [0.15, 0.2) is 0 Å². The molecule has 1 nitrogen and oxygen atoms in total. The molecule has 0 heterocycles. The lowest BCUT2D eigenvalue weighted by Gasteiger charge is -2.35. The molecule has 0 aromatic rings. The minimum Gasteiger partial charge on any atom is -0.314 e. The summed E-state index contributed by atoms with van der Waals surface area (Å²) in [5.41, 5.74) is 0. The Bertz CT molecular complexity index is 222. The highest BCUT2D eigenvalue weighted by atomic mass is 14.9. The van der Waals surface area contributed by atoms with E-state index in [1.54, 1.807) is 0 Å². The second-order valence-corrected chi connectivity index (χ2v) is 7.28. The summed E-state index contributed by atoms with van der Waals surface area (Å²) < 4.78 is 0. The maximum absolute atomic E-state index is 3.83. The molecule has 0 bridgehead atoms. The molecule has 0 amide bonds. The zero-order valence-electron chi connectivity index (χ0n) is 13.3. The van der Waals surface area contributed by atoms with Crippen molar-refractivity contribution in [2.24, 2.45) is 17.8 Å². The second kappa shape index (κ2) is 8.29. The van der Waals surface area contributed by atoms with Gasteiger partial charge in [-0.15, -0.1) is 0 Å². The topological polar surface area (TPSA) is 12.0 Å². The van der Waals surface area contributed by atoms with Crippen LogP contribution in [0.25, 0.3) is 0 Å². The molecule has 1 heteroatoms. The first kappa shape index (κ1) is 15.4. The summed E-state index contributed by atoms with van der Waals surface area (Å²) in [4.78, 5) is 0. The van der Waals surface area contributed by atoms with Crippen molar-refractivity contribution >= 4 is 0 Å². The standard InChI is InChI=1S/C18H35N/c1-3-19-18(17-12-10-15(2)11-13-17)14-16-8-6-4-5-7-9-16/h15-19H,3-14H2,1-2H3. The summed E-state index contributed by atoms with van der Waals surface area (Å²) in [6, 6.07) is 0.820. The SMILES string of the molecule is CCNC(CC1CCCCCC1)C1CCC(C)CC1. The third-order valence-corrected chi connectivity index (χ3v) is 5.66. The van der Waals surface area contributed by atoms with Gasteiger partial charge in [0, 0.05) is 6.04 Å². The Hall–Kier alpha value is -0.0400. The predicted octanol–water partition coefficient (Wildman–Crippen LogP) is 5.15. The molecule has 1 N–H and O–H groups in total. The van der Waals surface area contributed by atoms with Crippen molar-refractivity contribution in [1.29, 1.82) is 0 Å². The smallest absolute Gasteiger partial charge is 0.00978 e. The Morgan fingerprint density at radius 1 is 0.895 bits per heavy atom. The molecule has 2 rings (SSSR count). The van der Waals surface area contributed by atoms with Crippen molar-refractivity contribution in [3.05, 3.63) is 0 Å². The van der Waals surface area contributed by atoms with E-state index in [1.807, 2.05) is 0 Å². The summed E-state index contributed by atoms with van der Waals surface area (Å²) in [6.07, 6.45) is 16.3. The zero-order chi connectivity index (χ0) is 13.5. The van der Waals surface area contributed by atoms with E-state index in [9.17, 15) is 0 Å². The maximum Gasteiger partial charge on any atom is 0.00978 e. The fourth-order valence-electron chi connectivity index (χ4n) is 4.35. The van der Waals surface area contributed by atoms with Crippen LogP contribution in [-0.2, 0) is 0 Å². The average Bonchev–Trinajstić information content (AvgIpc) is 2.68. The van der Waals surface area contributed by atoms with Gasteiger partial charge in [-0.3, -0.25) is 0 Å². The van der Waals surface area contributed by atoms with E-state index in [0.717, 1.165) is 30.3 Å². The number of nitrogens with one attached hydrogen (secondary N) is 1. The fraction of sp³-hybridized carbons (Fsp3) is 1.00. The average molecular weight is 265 g/mol. The van der Waals surface area contributed by atoms with Crippen LogP contribution in [0.5, 0.6) is 0 Å². The predicted molar refractivity (Wildman–Crippen MR) is 84.4 cm³/mol. The van der Waals surface area contributed by atoms with Crippen LogP contribution in [-0.4, -0.2) is 12.6 Å². The molecule has 0 aliphatic heterocycles. The molecule has 2 saturated carbocycles. The lowest BCUT2D eigenvalue weighted by molar-refractivity contribution is 0.202. The summed E-state index contributed by atoms with van der Waals surface area (Å²) in [7, 11) is 0. The van der Waals surface area contributed by atoms with Crippen LogP contribution < -0.4 is 5.32 Å². The van der Waals surface area contributed by atoms with Crippen molar-refractivity contribution in [1.82, 2.24) is 5.32 Å². The van der Waals surface area contributed by atoms with Crippen LogP contribution in [0, 0.1) is 17.8 Å². The molecule has 2 aliphatic rings. The van der Waals surface area contributed by atoms with Gasteiger partial charge in [-0.1, -0.05) is 65.2 Å². The van der Waals surface area contributed by atoms with Crippen LogP contribution in [0.1, 0.15) is 84.5 Å². The third-order valence-electron chi connectivity index (χ3n) is 5.66. The van der Waals surface area contributed by atoms with Crippen LogP contribution >= 0.6 is 0 Å². The quantitative estimate of drug-likeness (QED) is 0.678. The van der Waals surface area contributed by atoms with Gasteiger partial charge in [0.25, 0.3) is 0 Å². The molecule has 1 atom stereocenters. The molecule has 1 unspecified atom stereocenters. The first-order valence-corrected chi connectivity index (χ1v) is 9.03. The van der Waals surface area contributed by atoms with Gasteiger partial charge in [0.1, 0.15) is 0 Å². The summed E-state index contributed by atoms with van der Waals surface area (Å²) in [6.45, 7) is 5.87. The monoisotopic (exact) mass is 265 g/mol. The van der Waals surface area contributed by atoms with E-state index >= 15 is 0 Å². The zero-order valence-corrected chi connectivity index (χ0v) is 13.3. The lowest BCUT2D eigenvalue weighted by atomic mass is 9.76. The van der Waals surface area contributed by atoms with Gasteiger partial charge in [0.05, 0.1) is 0 Å². The first-order valence-electron chi connectivity index (χ1n) is 9.03. The molecule has 0 radical (unpaired) electrons. The van der Waals surface area contributed by atoms with Gasteiger partial charge < -0.3 is 5.32 Å². The van der Waals surface area contributed by atoms with E-state index in [1.165, 1.54) is 70.6 Å². The van der Waals surface area contributed by atoms with E-state index in [2.05, 4.69) is 19.2 Å². The Labute approximate surface area is 120 Å². The van der Waals surface area contributed by atoms with Crippen molar-refractivity contribution in [2.75, 3.05) is 6.54 Å². The van der Waals surface area contributed by atoms with Crippen molar-refractivity contribution in [3.8, 4) is 0 Å². The highest BCUT2D eigenvalue weighted by Gasteiger charge is 2.27. The van der Waals surface area contributed by atoms with E-state index in [0.29, 0.717) is 0 Å². The van der Waals surface area contributed by atoms with Crippen LogP contribution in [0.4, 0.5) is 0 Å². The first-order chi connectivity index (χ1) is 9.29. The van der Waals surface area contributed by atoms with Crippen molar-refractivity contribution in [3.63, 3.8) is 0 Å². The van der Waals surface area contributed by atoms with Crippen molar-refractivity contribution in [2.45, 2.75) is 90.5 Å². The lowest BCUT2D eigenvalue weighted by Crippen LogP contribution is -2.39. The molecule has 2 aliphatic carbocycles. The van der Waals surface area contributed by atoms with Gasteiger partial charge in [-0.2, -0.15) is 0 Å². The second-order valence-electron chi connectivity index (χ2n) is 7.28. The molecule has 0 aromatic carbocycles. The summed E-state index contributed by atoms with van der Waals surface area (Å²) in [5, 5.41) is 3.83. The van der Waals surface area contributed by atoms with Crippen LogP contribution in [0.15, 0.2) is 0 Å². The molecule has 0 saturated heterocycles. The minimum absolute atomic E-state index is 0.820. The highest BCUT2D eigenvalue weighted by molar-refractivity contribution is 4.83. The number of rotatable bonds is 5. The molecular weight excluding hydrogens is 230 g/mol. The maximum atomic E-state index is 3.83. The Morgan fingerprint density at radius 3 is 2.11 bits per heavy atom. The molecular formula is C18H35N. The number of hydrogen-bond donors (Lipinski definition) is 1. The molecule has 19 heavy (non-hydrogen) atoms.